The molecule has 0 N–H and O–H groups in total. The number of carbonyl (C=O) groups excluding carboxylic acids is 1. The first-order chi connectivity index (χ1) is 25.4. The van der Waals surface area contributed by atoms with E-state index >= 15 is 4.79 Å². The number of aromatic nitrogens is 2. The third-order valence-corrected chi connectivity index (χ3v) is 12.1. The van der Waals surface area contributed by atoms with Gasteiger partial charge in [-0.05, 0) is 97.2 Å². The second kappa shape index (κ2) is 15.1. The van der Waals surface area contributed by atoms with E-state index < -0.39 is 11.8 Å². The van der Waals surface area contributed by atoms with Crippen molar-refractivity contribution in [2.45, 2.75) is 64.2 Å². The lowest BCUT2D eigenvalue weighted by atomic mass is 9.79. The van der Waals surface area contributed by atoms with Crippen molar-refractivity contribution in [3.05, 3.63) is 117 Å². The first-order valence-electron chi connectivity index (χ1n) is 18.8. The summed E-state index contributed by atoms with van der Waals surface area (Å²) in [4.78, 5) is 31.2. The summed E-state index contributed by atoms with van der Waals surface area (Å²) in [5, 5.41) is 2.11. The summed E-state index contributed by atoms with van der Waals surface area (Å²) in [5.41, 5.74) is 8.33. The Morgan fingerprint density at radius 1 is 0.558 bits per heavy atom. The van der Waals surface area contributed by atoms with E-state index in [2.05, 4.69) is 153 Å². The van der Waals surface area contributed by atoms with Gasteiger partial charge in [-0.1, -0.05) is 106 Å². The van der Waals surface area contributed by atoms with Crippen molar-refractivity contribution in [3.8, 4) is 22.3 Å². The van der Waals surface area contributed by atoms with Crippen LogP contribution in [0.3, 0.4) is 0 Å². The van der Waals surface area contributed by atoms with Gasteiger partial charge in [-0.3, -0.25) is 4.79 Å². The minimum atomic E-state index is -0.436. The largest absolute Gasteiger partial charge is 0.356 e. The Bertz CT molecular complexity index is 2090. The van der Waals surface area contributed by atoms with Crippen molar-refractivity contribution in [1.29, 1.82) is 0 Å². The second-order valence-corrected chi connectivity index (χ2v) is 16.3. The summed E-state index contributed by atoms with van der Waals surface area (Å²) in [7, 11) is 0. The van der Waals surface area contributed by atoms with Crippen molar-refractivity contribution >= 4 is 71.1 Å². The van der Waals surface area contributed by atoms with E-state index in [-0.39, 0.29) is 5.78 Å². The molecule has 4 heterocycles. The van der Waals surface area contributed by atoms with Crippen LogP contribution in [0.2, 0.25) is 0 Å². The maximum Gasteiger partial charge on any atom is 0.147 e. The van der Waals surface area contributed by atoms with Gasteiger partial charge in [-0.15, -0.1) is 0 Å². The highest BCUT2D eigenvalue weighted by Crippen LogP contribution is 2.47. The van der Waals surface area contributed by atoms with E-state index in [9.17, 15) is 0 Å². The minimum Gasteiger partial charge on any atom is -0.356 e. The fraction of sp³-hybridized carbons (Fsp3) is 0.311. The van der Waals surface area contributed by atoms with E-state index in [1.807, 2.05) is 0 Å². The van der Waals surface area contributed by atoms with Gasteiger partial charge < -0.3 is 9.80 Å². The van der Waals surface area contributed by atoms with E-state index in [4.69, 9.17) is 9.97 Å². The molecule has 0 aliphatic carbocycles. The molecular formula is C45H44Br2N4O. The maximum atomic E-state index is 15.6. The Hall–Kier alpha value is -4.07. The standard InChI is InChI=1S/C45H44Br2N4O/c1-29(39-41(31-15-7-3-8-16-31)35-27-33(46)19-21-37(35)48-44(39)50-23-11-5-12-24-50)43(52)30(2)40-42(32-17-9-4-10-18-32)36-28-34(47)20-22-38(36)49-45(40)51-25-13-6-14-26-51/h3-4,7-10,15-22,27-30H,5-6,11-14,23-26H2,1-2H3. The third-order valence-electron chi connectivity index (χ3n) is 11.1. The molecule has 2 aromatic heterocycles. The van der Waals surface area contributed by atoms with Crippen molar-refractivity contribution < 1.29 is 4.79 Å². The zero-order chi connectivity index (χ0) is 35.8. The number of anilines is 2. The Labute approximate surface area is 323 Å². The van der Waals surface area contributed by atoms with Gasteiger partial charge in [0.05, 0.1) is 11.0 Å². The van der Waals surface area contributed by atoms with E-state index in [1.165, 1.54) is 12.8 Å². The van der Waals surface area contributed by atoms with Gasteiger partial charge in [-0.25, -0.2) is 9.97 Å². The van der Waals surface area contributed by atoms with Crippen LogP contribution in [0.4, 0.5) is 11.6 Å². The number of hydrogen-bond donors (Lipinski definition) is 0. The van der Waals surface area contributed by atoms with Crippen molar-refractivity contribution in [3.63, 3.8) is 0 Å². The number of fused-ring (bicyclic) bond motifs is 2. The Balaban J connectivity index is 1.37. The van der Waals surface area contributed by atoms with Gasteiger partial charge >= 0.3 is 0 Å². The molecule has 2 aliphatic heterocycles. The summed E-state index contributed by atoms with van der Waals surface area (Å²) in [6.45, 7) is 7.99. The number of benzene rings is 4. The Kier molecular flexibility index (Phi) is 10.2. The lowest BCUT2D eigenvalue weighted by Gasteiger charge is -2.34. The van der Waals surface area contributed by atoms with Crippen molar-refractivity contribution in [1.82, 2.24) is 9.97 Å². The summed E-state index contributed by atoms with van der Waals surface area (Å²) >= 11 is 7.52. The van der Waals surface area contributed by atoms with Gasteiger partial charge in [0.2, 0.25) is 0 Å². The van der Waals surface area contributed by atoms with Crippen LogP contribution >= 0.6 is 31.9 Å². The predicted molar refractivity (Wildman–Crippen MR) is 224 cm³/mol. The molecule has 2 aliphatic rings. The molecule has 0 bridgehead atoms. The topological polar surface area (TPSA) is 49.3 Å². The van der Waals surface area contributed by atoms with Crippen molar-refractivity contribution in [2.75, 3.05) is 36.0 Å². The molecule has 264 valence electrons. The normalized spacial score (nSPS) is 16.3. The van der Waals surface area contributed by atoms with Crippen LogP contribution < -0.4 is 9.80 Å². The summed E-state index contributed by atoms with van der Waals surface area (Å²) in [6.07, 6.45) is 6.92. The van der Waals surface area contributed by atoms with Gasteiger partial charge in [-0.2, -0.15) is 0 Å². The van der Waals surface area contributed by atoms with E-state index in [1.54, 1.807) is 0 Å². The SMILES string of the molecule is CC(C(=O)C(C)c1c(N2CCCCC2)nc2ccc(Br)cc2c1-c1ccccc1)c1c(N2CCCCC2)nc2ccc(Br)cc2c1-c1ccccc1. The molecule has 0 radical (unpaired) electrons. The number of ketones is 1. The zero-order valence-electron chi connectivity index (χ0n) is 29.9. The van der Waals surface area contributed by atoms with Crippen LogP contribution in [-0.4, -0.2) is 41.9 Å². The molecule has 2 atom stereocenters. The summed E-state index contributed by atoms with van der Waals surface area (Å²) < 4.78 is 1.99. The highest BCUT2D eigenvalue weighted by Gasteiger charge is 2.35. The summed E-state index contributed by atoms with van der Waals surface area (Å²) in [5.74, 6) is 1.20. The average molecular weight is 817 g/mol. The van der Waals surface area contributed by atoms with Crippen LogP contribution in [-0.2, 0) is 4.79 Å². The van der Waals surface area contributed by atoms with E-state index in [0.29, 0.717) is 0 Å². The quantitative estimate of drug-likeness (QED) is 0.153. The first-order valence-corrected chi connectivity index (χ1v) is 20.4. The number of hydrogen-bond acceptors (Lipinski definition) is 5. The molecule has 2 saturated heterocycles. The molecule has 2 fully saturated rings. The number of carbonyl (C=O) groups is 1. The average Bonchev–Trinajstić information content (AvgIpc) is 3.20. The molecule has 5 nitrogen and oxygen atoms in total. The predicted octanol–water partition coefficient (Wildman–Crippen LogP) is 12.1. The van der Waals surface area contributed by atoms with E-state index in [0.717, 1.165) is 128 Å². The fourth-order valence-corrected chi connectivity index (χ4v) is 9.20. The molecule has 7 heteroatoms. The molecule has 0 amide bonds. The Morgan fingerprint density at radius 3 is 1.33 bits per heavy atom. The van der Waals surface area contributed by atoms with Gasteiger partial charge in [0.1, 0.15) is 17.4 Å². The van der Waals surface area contributed by atoms with Crippen LogP contribution in [0.5, 0.6) is 0 Å². The van der Waals surface area contributed by atoms with Gasteiger partial charge in [0, 0.05) is 68.9 Å². The molecule has 8 rings (SSSR count). The molecule has 52 heavy (non-hydrogen) atoms. The lowest BCUT2D eigenvalue weighted by Crippen LogP contribution is -2.33. The molecule has 4 aromatic carbocycles. The van der Waals surface area contributed by atoms with Gasteiger partial charge in [0.25, 0.3) is 0 Å². The molecule has 0 saturated carbocycles. The third kappa shape index (κ3) is 6.67. The smallest absolute Gasteiger partial charge is 0.147 e. The number of rotatable bonds is 8. The highest BCUT2D eigenvalue weighted by atomic mass is 79.9. The number of pyridine rings is 2. The monoisotopic (exact) mass is 814 g/mol. The zero-order valence-corrected chi connectivity index (χ0v) is 33.1. The summed E-state index contributed by atoms with van der Waals surface area (Å²) in [6, 6.07) is 33.9. The number of piperidine rings is 2. The molecule has 0 spiro atoms. The second-order valence-electron chi connectivity index (χ2n) is 14.4. The number of halogens is 2. The number of nitrogens with zero attached hydrogens (tertiary/aromatic N) is 4. The maximum absolute atomic E-state index is 15.6. The molecule has 6 aromatic rings. The fourth-order valence-electron chi connectivity index (χ4n) is 8.48. The molecule has 2 unspecified atom stereocenters. The van der Waals surface area contributed by atoms with Crippen molar-refractivity contribution in [2.24, 2.45) is 0 Å². The van der Waals surface area contributed by atoms with Crippen LogP contribution in [0.1, 0.15) is 75.3 Å². The minimum absolute atomic E-state index is 0.179. The van der Waals surface area contributed by atoms with Crippen LogP contribution in [0, 0.1) is 0 Å². The first kappa shape index (κ1) is 35.0. The van der Waals surface area contributed by atoms with Crippen LogP contribution in [0.25, 0.3) is 44.1 Å². The Morgan fingerprint density at radius 2 is 0.942 bits per heavy atom. The number of Topliss-reactive ketones (excluding diaryl/α,β-unsaturated/α-hetero) is 1. The lowest BCUT2D eigenvalue weighted by molar-refractivity contribution is -0.121. The molecular weight excluding hydrogens is 772 g/mol. The highest BCUT2D eigenvalue weighted by molar-refractivity contribution is 9.10. The van der Waals surface area contributed by atoms with Gasteiger partial charge in [0.15, 0.2) is 0 Å². The van der Waals surface area contributed by atoms with Crippen LogP contribution in [0.15, 0.2) is 106 Å².